The summed E-state index contributed by atoms with van der Waals surface area (Å²) in [6, 6.07) is 7.30. The van der Waals surface area contributed by atoms with Crippen LogP contribution in [0.25, 0.3) is 22.2 Å². The number of anilines is 1. The van der Waals surface area contributed by atoms with Crippen molar-refractivity contribution in [2.24, 2.45) is 7.05 Å². The summed E-state index contributed by atoms with van der Waals surface area (Å²) < 4.78 is 1.94. The smallest absolute Gasteiger partial charge is 0.315 e. The highest BCUT2D eigenvalue weighted by Gasteiger charge is 2.53. The van der Waals surface area contributed by atoms with Crippen LogP contribution in [-0.2, 0) is 22.1 Å². The Balaban J connectivity index is 1.84. The molecule has 2 N–H and O–H groups in total. The number of carboxylic acids is 1. The molecule has 132 valence electrons. The van der Waals surface area contributed by atoms with Crippen LogP contribution in [0.5, 0.6) is 0 Å². The van der Waals surface area contributed by atoms with E-state index in [0.29, 0.717) is 30.0 Å². The first kappa shape index (κ1) is 16.3. The van der Waals surface area contributed by atoms with Gasteiger partial charge >= 0.3 is 5.97 Å². The maximum absolute atomic E-state index is 11.6. The van der Waals surface area contributed by atoms with Gasteiger partial charge in [0, 0.05) is 31.1 Å². The molecular weight excluding hydrogens is 332 g/mol. The number of carbonyl (C=O) groups is 2. The number of aryl methyl sites for hydroxylation is 1. The molecule has 0 atom stereocenters. The Morgan fingerprint density at radius 3 is 2.73 bits per heavy atom. The molecule has 26 heavy (non-hydrogen) atoms. The number of carbonyl (C=O) groups excluding carboxylic acids is 1. The predicted molar refractivity (Wildman–Crippen MR) is 96.8 cm³/mol. The third kappa shape index (κ3) is 2.52. The highest BCUT2D eigenvalue weighted by atomic mass is 16.4. The summed E-state index contributed by atoms with van der Waals surface area (Å²) in [5, 5.41) is 13.1. The monoisotopic (exact) mass is 350 g/mol. The molecule has 0 spiro atoms. The van der Waals surface area contributed by atoms with Gasteiger partial charge in [0.2, 0.25) is 5.91 Å². The Hall–Kier alpha value is -3.22. The summed E-state index contributed by atoms with van der Waals surface area (Å²) in [4.78, 5) is 31.8. The number of fused-ring (bicyclic) bond motifs is 1. The van der Waals surface area contributed by atoms with E-state index in [1.807, 2.05) is 36.0 Å². The average molecular weight is 350 g/mol. The number of rotatable bonds is 4. The van der Waals surface area contributed by atoms with Crippen LogP contribution < -0.4 is 5.32 Å². The zero-order valence-electron chi connectivity index (χ0n) is 14.5. The summed E-state index contributed by atoms with van der Waals surface area (Å²) in [5.74, 6) is -0.540. The zero-order chi connectivity index (χ0) is 18.5. The lowest BCUT2D eigenvalue weighted by atomic mass is 10.0. The van der Waals surface area contributed by atoms with Crippen molar-refractivity contribution in [1.82, 2.24) is 14.5 Å². The van der Waals surface area contributed by atoms with Gasteiger partial charge in [0.1, 0.15) is 11.2 Å². The fourth-order valence-corrected chi connectivity index (χ4v) is 3.29. The quantitative estimate of drug-likeness (QED) is 0.754. The number of carboxylic acid groups (broad SMARTS) is 1. The van der Waals surface area contributed by atoms with Gasteiger partial charge in [-0.3, -0.25) is 14.6 Å². The minimum Gasteiger partial charge on any atom is -0.481 e. The molecule has 1 fully saturated rings. The Morgan fingerprint density at radius 1 is 1.31 bits per heavy atom. The first-order valence-corrected chi connectivity index (χ1v) is 8.35. The summed E-state index contributed by atoms with van der Waals surface area (Å²) in [6.45, 7) is 1.43. The third-order valence-electron chi connectivity index (χ3n) is 4.85. The van der Waals surface area contributed by atoms with E-state index in [4.69, 9.17) is 0 Å². The maximum Gasteiger partial charge on any atom is 0.315 e. The standard InChI is InChI=1S/C19H18N4O3/c1-11(24)21-17-8-12-13(10-23(2)15(12)9-20-17)14-4-3-5-16(22-14)19(6-7-19)18(25)26/h3-5,8-10H,6-7H2,1-2H3,(H,25,26)(H,20,21,24). The number of pyridine rings is 2. The second kappa shape index (κ2) is 5.66. The average Bonchev–Trinajstić information content (AvgIpc) is 3.35. The van der Waals surface area contributed by atoms with Crippen LogP contribution >= 0.6 is 0 Å². The molecule has 1 amide bonds. The van der Waals surface area contributed by atoms with E-state index < -0.39 is 11.4 Å². The van der Waals surface area contributed by atoms with E-state index in [2.05, 4.69) is 15.3 Å². The fourth-order valence-electron chi connectivity index (χ4n) is 3.29. The van der Waals surface area contributed by atoms with Crippen LogP contribution in [0.1, 0.15) is 25.5 Å². The molecule has 0 radical (unpaired) electrons. The molecule has 0 aromatic carbocycles. The van der Waals surface area contributed by atoms with Crippen LogP contribution in [0.2, 0.25) is 0 Å². The molecule has 1 aliphatic carbocycles. The van der Waals surface area contributed by atoms with Crippen molar-refractivity contribution in [2.45, 2.75) is 25.2 Å². The van der Waals surface area contributed by atoms with Crippen LogP contribution in [0.4, 0.5) is 5.82 Å². The largest absolute Gasteiger partial charge is 0.481 e. The summed E-state index contributed by atoms with van der Waals surface area (Å²) in [5.41, 5.74) is 2.24. The molecule has 0 saturated heterocycles. The number of hydrogen-bond acceptors (Lipinski definition) is 4. The van der Waals surface area contributed by atoms with Gasteiger partial charge in [-0.1, -0.05) is 6.07 Å². The van der Waals surface area contributed by atoms with Gasteiger partial charge < -0.3 is 15.0 Å². The first-order valence-electron chi connectivity index (χ1n) is 8.35. The zero-order valence-corrected chi connectivity index (χ0v) is 14.5. The first-order chi connectivity index (χ1) is 12.4. The Bertz CT molecular complexity index is 1050. The number of amides is 1. The summed E-state index contributed by atoms with van der Waals surface area (Å²) in [7, 11) is 1.91. The third-order valence-corrected chi connectivity index (χ3v) is 4.85. The molecular formula is C19H18N4O3. The lowest BCUT2D eigenvalue weighted by Gasteiger charge is -2.10. The van der Waals surface area contributed by atoms with Gasteiger partial charge in [-0.15, -0.1) is 0 Å². The van der Waals surface area contributed by atoms with Crippen molar-refractivity contribution in [2.75, 3.05) is 5.32 Å². The van der Waals surface area contributed by atoms with Gasteiger partial charge in [0.05, 0.1) is 23.1 Å². The number of aromatic nitrogens is 3. The Kier molecular flexibility index (Phi) is 3.54. The van der Waals surface area contributed by atoms with Crippen LogP contribution in [0, 0.1) is 0 Å². The summed E-state index contributed by atoms with van der Waals surface area (Å²) in [6.07, 6.45) is 4.87. The molecule has 7 nitrogen and oxygen atoms in total. The van der Waals surface area contributed by atoms with Gasteiger partial charge in [0.25, 0.3) is 0 Å². The van der Waals surface area contributed by atoms with E-state index in [9.17, 15) is 14.7 Å². The lowest BCUT2D eigenvalue weighted by Crippen LogP contribution is -2.20. The van der Waals surface area contributed by atoms with Crippen LogP contribution in [0.3, 0.4) is 0 Å². The normalized spacial score (nSPS) is 15.0. The molecule has 1 aliphatic rings. The fraction of sp³-hybridized carbons (Fsp3) is 0.263. The van der Waals surface area contributed by atoms with Gasteiger partial charge in [-0.2, -0.15) is 0 Å². The minimum atomic E-state index is -0.844. The van der Waals surface area contributed by atoms with Crippen molar-refractivity contribution < 1.29 is 14.7 Å². The number of nitrogens with one attached hydrogen (secondary N) is 1. The van der Waals surface area contributed by atoms with E-state index in [1.54, 1.807) is 12.3 Å². The van der Waals surface area contributed by atoms with Gasteiger partial charge in [0.15, 0.2) is 0 Å². The highest BCUT2D eigenvalue weighted by molar-refractivity contribution is 5.98. The van der Waals surface area contributed by atoms with Crippen molar-refractivity contribution in [3.8, 4) is 11.3 Å². The Morgan fingerprint density at radius 2 is 2.08 bits per heavy atom. The van der Waals surface area contributed by atoms with Gasteiger partial charge in [-0.05, 0) is 31.0 Å². The van der Waals surface area contributed by atoms with Crippen molar-refractivity contribution in [3.63, 3.8) is 0 Å². The van der Waals surface area contributed by atoms with Crippen molar-refractivity contribution in [1.29, 1.82) is 0 Å². The topological polar surface area (TPSA) is 97.1 Å². The molecule has 4 rings (SSSR count). The molecule has 7 heteroatoms. The molecule has 3 aromatic heterocycles. The van der Waals surface area contributed by atoms with Crippen molar-refractivity contribution >= 4 is 28.6 Å². The van der Waals surface area contributed by atoms with Gasteiger partial charge in [-0.25, -0.2) is 4.98 Å². The SMILES string of the molecule is CC(=O)Nc1cc2c(-c3cccc(C4(C(=O)O)CC4)n3)cn(C)c2cn1. The van der Waals surface area contributed by atoms with Crippen LogP contribution in [-0.4, -0.2) is 31.5 Å². The lowest BCUT2D eigenvalue weighted by molar-refractivity contribution is -0.140. The molecule has 0 unspecified atom stereocenters. The molecule has 0 aliphatic heterocycles. The molecule has 1 saturated carbocycles. The predicted octanol–water partition coefficient (Wildman–Crippen LogP) is 2.71. The Labute approximate surface area is 149 Å². The van der Waals surface area contributed by atoms with E-state index in [0.717, 1.165) is 16.5 Å². The summed E-state index contributed by atoms with van der Waals surface area (Å²) >= 11 is 0. The maximum atomic E-state index is 11.6. The molecule has 3 aromatic rings. The van der Waals surface area contributed by atoms with Crippen molar-refractivity contribution in [3.05, 3.63) is 42.4 Å². The molecule has 0 bridgehead atoms. The van der Waals surface area contributed by atoms with E-state index in [1.165, 1.54) is 6.92 Å². The van der Waals surface area contributed by atoms with E-state index >= 15 is 0 Å². The second-order valence-corrected chi connectivity index (χ2v) is 6.72. The van der Waals surface area contributed by atoms with E-state index in [-0.39, 0.29) is 5.91 Å². The van der Waals surface area contributed by atoms with Crippen LogP contribution in [0.15, 0.2) is 36.7 Å². The highest BCUT2D eigenvalue weighted by Crippen LogP contribution is 2.48. The second-order valence-electron chi connectivity index (χ2n) is 6.72. The number of nitrogens with zero attached hydrogens (tertiary/aromatic N) is 3. The number of hydrogen-bond donors (Lipinski definition) is 2. The molecule has 3 heterocycles. The minimum absolute atomic E-state index is 0.188. The number of aliphatic carboxylic acids is 1.